The molecule has 0 unspecified atom stereocenters. The molecular formula is C27H26ClN7O. The third kappa shape index (κ3) is 4.57. The molecule has 36 heavy (non-hydrogen) atoms. The minimum Gasteiger partial charge on any atom is -0.492 e. The molecule has 1 aliphatic heterocycles. The van der Waals surface area contributed by atoms with Gasteiger partial charge in [0.05, 0.1) is 16.2 Å². The molecule has 0 radical (unpaired) electrons. The van der Waals surface area contributed by atoms with Crippen LogP contribution in [-0.4, -0.2) is 56.3 Å². The molecule has 2 N–H and O–H groups in total. The number of pyridine rings is 2. The summed E-state index contributed by atoms with van der Waals surface area (Å²) in [6, 6.07) is 13.7. The molecular weight excluding hydrogens is 474 g/mol. The van der Waals surface area contributed by atoms with Crippen LogP contribution in [0.2, 0.25) is 5.02 Å². The smallest absolute Gasteiger partial charge is 0.157 e. The second-order valence-corrected chi connectivity index (χ2v) is 9.34. The molecule has 0 bridgehead atoms. The van der Waals surface area contributed by atoms with Gasteiger partial charge in [0.25, 0.3) is 0 Å². The van der Waals surface area contributed by atoms with Gasteiger partial charge >= 0.3 is 0 Å². The molecule has 1 saturated heterocycles. The number of H-pyrrole nitrogens is 1. The van der Waals surface area contributed by atoms with Crippen molar-refractivity contribution in [1.29, 1.82) is 0 Å². The molecule has 3 aromatic heterocycles. The summed E-state index contributed by atoms with van der Waals surface area (Å²) in [7, 11) is 0. The first kappa shape index (κ1) is 22.7. The maximum absolute atomic E-state index is 6.67. The van der Waals surface area contributed by atoms with Crippen molar-refractivity contribution in [2.24, 2.45) is 0 Å². The number of nitrogens with zero attached hydrogens (tertiary/aromatic N) is 5. The summed E-state index contributed by atoms with van der Waals surface area (Å²) in [6.07, 6.45) is 9.00. The largest absolute Gasteiger partial charge is 0.492 e. The fraction of sp³-hybridized carbons (Fsp3) is 0.259. The molecule has 1 fully saturated rings. The van der Waals surface area contributed by atoms with E-state index in [1.165, 1.54) is 25.6 Å². The van der Waals surface area contributed by atoms with Crippen LogP contribution in [0.1, 0.15) is 19.3 Å². The first-order chi connectivity index (χ1) is 17.8. The highest BCUT2D eigenvalue weighted by Gasteiger charge is 2.15. The Bertz CT molecular complexity index is 1500. The van der Waals surface area contributed by atoms with E-state index in [2.05, 4.69) is 30.4 Å². The van der Waals surface area contributed by atoms with Crippen LogP contribution in [0.5, 0.6) is 5.75 Å². The van der Waals surface area contributed by atoms with Crippen LogP contribution in [0.25, 0.3) is 33.1 Å². The second kappa shape index (κ2) is 10.1. The van der Waals surface area contributed by atoms with Gasteiger partial charge in [-0.25, -0.2) is 9.97 Å². The summed E-state index contributed by atoms with van der Waals surface area (Å²) < 4.78 is 5.99. The highest BCUT2D eigenvalue weighted by molar-refractivity contribution is 6.33. The molecule has 5 aromatic rings. The highest BCUT2D eigenvalue weighted by Crippen LogP contribution is 2.36. The Balaban J connectivity index is 1.29. The Hall–Kier alpha value is -3.75. The van der Waals surface area contributed by atoms with E-state index in [0.29, 0.717) is 23.3 Å². The third-order valence-corrected chi connectivity index (χ3v) is 6.93. The number of anilines is 2. The number of rotatable bonds is 7. The minimum absolute atomic E-state index is 0.568. The lowest BCUT2D eigenvalue weighted by Gasteiger charge is -2.26. The summed E-state index contributed by atoms with van der Waals surface area (Å²) in [4.78, 5) is 16.1. The first-order valence-electron chi connectivity index (χ1n) is 12.2. The molecule has 0 saturated carbocycles. The summed E-state index contributed by atoms with van der Waals surface area (Å²) in [6.45, 7) is 3.91. The number of nitrogens with one attached hydrogen (secondary N) is 2. The van der Waals surface area contributed by atoms with Crippen LogP contribution in [0.3, 0.4) is 0 Å². The van der Waals surface area contributed by atoms with Crippen molar-refractivity contribution in [3.05, 3.63) is 66.2 Å². The Morgan fingerprint density at radius 3 is 2.78 bits per heavy atom. The number of para-hydroxylation sites is 1. The zero-order chi connectivity index (χ0) is 24.3. The van der Waals surface area contributed by atoms with Gasteiger partial charge < -0.3 is 10.1 Å². The number of fused-ring (bicyclic) bond motifs is 3. The lowest BCUT2D eigenvalue weighted by atomic mass is 10.0. The SMILES string of the molecule is Clc1cc(OCCN2CCCCC2)ccc1Nc1nc2c(-c3ncn[nH]3)cccc2c2cnccc12. The van der Waals surface area contributed by atoms with Gasteiger partial charge in [0.2, 0.25) is 0 Å². The molecule has 182 valence electrons. The van der Waals surface area contributed by atoms with Gasteiger partial charge in [0, 0.05) is 46.7 Å². The minimum atomic E-state index is 0.568. The van der Waals surface area contributed by atoms with Crippen molar-refractivity contribution >= 4 is 44.8 Å². The molecule has 4 heterocycles. The summed E-state index contributed by atoms with van der Waals surface area (Å²) in [5, 5.41) is 13.9. The van der Waals surface area contributed by atoms with E-state index < -0.39 is 0 Å². The zero-order valence-corrected chi connectivity index (χ0v) is 20.5. The highest BCUT2D eigenvalue weighted by atomic mass is 35.5. The van der Waals surface area contributed by atoms with Crippen molar-refractivity contribution in [2.75, 3.05) is 31.6 Å². The molecule has 0 spiro atoms. The van der Waals surface area contributed by atoms with Crippen LogP contribution >= 0.6 is 11.6 Å². The Morgan fingerprint density at radius 2 is 1.94 bits per heavy atom. The summed E-state index contributed by atoms with van der Waals surface area (Å²) in [5.41, 5.74) is 2.41. The van der Waals surface area contributed by atoms with Crippen LogP contribution in [0.15, 0.2) is 61.2 Å². The molecule has 6 rings (SSSR count). The molecule has 0 atom stereocenters. The fourth-order valence-corrected chi connectivity index (χ4v) is 5.00. The Kier molecular flexibility index (Phi) is 6.36. The van der Waals surface area contributed by atoms with Crippen molar-refractivity contribution in [3.8, 4) is 17.1 Å². The number of halogens is 1. The van der Waals surface area contributed by atoms with E-state index in [1.54, 1.807) is 6.20 Å². The Labute approximate surface area is 213 Å². The van der Waals surface area contributed by atoms with E-state index >= 15 is 0 Å². The third-order valence-electron chi connectivity index (χ3n) is 6.61. The Morgan fingerprint density at radius 1 is 1.03 bits per heavy atom. The van der Waals surface area contributed by atoms with Gasteiger partial charge in [-0.3, -0.25) is 15.0 Å². The number of aromatic nitrogens is 5. The van der Waals surface area contributed by atoms with Crippen LogP contribution < -0.4 is 10.1 Å². The standard InChI is InChI=1S/C27H26ClN7O/c28-23-15-18(36-14-13-35-11-2-1-3-12-35)7-8-24(23)32-27-20-9-10-29-16-22(20)19-5-4-6-21(25(19)33-27)26-30-17-31-34-26/h4-10,15-17H,1-3,11-14H2,(H,32,33)(H,30,31,34). The predicted octanol–water partition coefficient (Wildman–Crippen LogP) is 5.83. The fourth-order valence-electron chi connectivity index (χ4n) is 4.78. The first-order valence-corrected chi connectivity index (χ1v) is 12.6. The van der Waals surface area contributed by atoms with Crippen molar-refractivity contribution in [3.63, 3.8) is 0 Å². The van der Waals surface area contributed by atoms with Gasteiger partial charge in [-0.1, -0.05) is 30.2 Å². The average molecular weight is 500 g/mol. The number of benzene rings is 2. The predicted molar refractivity (Wildman–Crippen MR) is 143 cm³/mol. The van der Waals surface area contributed by atoms with Gasteiger partial charge in [-0.2, -0.15) is 5.10 Å². The molecule has 9 heteroatoms. The number of aromatic amines is 1. The van der Waals surface area contributed by atoms with Crippen LogP contribution in [0.4, 0.5) is 11.5 Å². The summed E-state index contributed by atoms with van der Waals surface area (Å²) in [5.74, 6) is 2.11. The monoisotopic (exact) mass is 499 g/mol. The van der Waals surface area contributed by atoms with E-state index in [0.717, 1.165) is 58.3 Å². The van der Waals surface area contributed by atoms with Crippen molar-refractivity contribution < 1.29 is 4.74 Å². The second-order valence-electron chi connectivity index (χ2n) is 8.93. The topological polar surface area (TPSA) is 91.9 Å². The molecule has 1 aliphatic rings. The number of hydrogen-bond donors (Lipinski definition) is 2. The normalized spacial score (nSPS) is 14.4. The zero-order valence-electron chi connectivity index (χ0n) is 19.7. The van der Waals surface area contributed by atoms with Crippen molar-refractivity contribution in [1.82, 2.24) is 30.0 Å². The average Bonchev–Trinajstić information content (AvgIpc) is 3.45. The van der Waals surface area contributed by atoms with Crippen LogP contribution in [-0.2, 0) is 0 Å². The van der Waals surface area contributed by atoms with E-state index in [9.17, 15) is 0 Å². The molecule has 2 aromatic carbocycles. The van der Waals surface area contributed by atoms with Crippen LogP contribution in [0, 0.1) is 0 Å². The quantitative estimate of drug-likeness (QED) is 0.272. The molecule has 0 aliphatic carbocycles. The van der Waals surface area contributed by atoms with Gasteiger partial charge in [-0.15, -0.1) is 0 Å². The van der Waals surface area contributed by atoms with E-state index in [-0.39, 0.29) is 0 Å². The maximum Gasteiger partial charge on any atom is 0.157 e. The number of likely N-dealkylation sites (tertiary alicyclic amines) is 1. The lowest BCUT2D eigenvalue weighted by Crippen LogP contribution is -2.33. The van der Waals surface area contributed by atoms with Gasteiger partial charge in [0.1, 0.15) is 24.5 Å². The van der Waals surface area contributed by atoms with E-state index in [4.69, 9.17) is 21.3 Å². The number of piperidine rings is 1. The lowest BCUT2D eigenvalue weighted by molar-refractivity contribution is 0.183. The van der Waals surface area contributed by atoms with Gasteiger partial charge in [0.15, 0.2) is 5.82 Å². The number of ether oxygens (including phenoxy) is 1. The van der Waals surface area contributed by atoms with E-state index in [1.807, 2.05) is 48.7 Å². The van der Waals surface area contributed by atoms with Crippen molar-refractivity contribution in [2.45, 2.75) is 19.3 Å². The van der Waals surface area contributed by atoms with Gasteiger partial charge in [-0.05, 0) is 50.2 Å². The maximum atomic E-state index is 6.67. The number of hydrogen-bond acceptors (Lipinski definition) is 7. The molecule has 8 nitrogen and oxygen atoms in total. The summed E-state index contributed by atoms with van der Waals surface area (Å²) >= 11 is 6.67. The molecule has 0 amide bonds.